The van der Waals surface area contributed by atoms with Crippen molar-refractivity contribution < 1.29 is 4.42 Å². The van der Waals surface area contributed by atoms with E-state index in [0.717, 1.165) is 44.0 Å². The number of benzene rings is 4. The summed E-state index contributed by atoms with van der Waals surface area (Å²) in [5.74, 6) is 0. The van der Waals surface area contributed by atoms with Crippen molar-refractivity contribution >= 4 is 65.6 Å². The van der Waals surface area contributed by atoms with Crippen LogP contribution in [0.3, 0.4) is 0 Å². The summed E-state index contributed by atoms with van der Waals surface area (Å²) in [5.41, 5.74) is 6.35. The molecular formula is C24H14N2O. The van der Waals surface area contributed by atoms with E-state index in [1.54, 1.807) is 0 Å². The molecule has 7 rings (SSSR count). The van der Waals surface area contributed by atoms with Crippen LogP contribution in [0.5, 0.6) is 0 Å². The smallest absolute Gasteiger partial charge is 0.159 e. The Morgan fingerprint density at radius 1 is 0.481 bits per heavy atom. The van der Waals surface area contributed by atoms with Gasteiger partial charge in [0.25, 0.3) is 0 Å². The zero-order valence-electron chi connectivity index (χ0n) is 14.3. The van der Waals surface area contributed by atoms with E-state index in [-0.39, 0.29) is 0 Å². The second-order valence-electron chi connectivity index (χ2n) is 7.17. The molecule has 0 radical (unpaired) electrons. The summed E-state index contributed by atoms with van der Waals surface area (Å²) >= 11 is 0. The molecule has 0 saturated heterocycles. The van der Waals surface area contributed by atoms with Gasteiger partial charge in [-0.25, -0.2) is 0 Å². The van der Waals surface area contributed by atoms with Crippen molar-refractivity contribution in [1.29, 1.82) is 0 Å². The normalized spacial score (nSPS) is 12.4. The van der Waals surface area contributed by atoms with Crippen LogP contribution in [0.15, 0.2) is 77.2 Å². The minimum atomic E-state index is 0.925. The zero-order chi connectivity index (χ0) is 17.5. The minimum Gasteiger partial charge on any atom is -0.454 e. The standard InChI is InChI=1S/C24H14N2O/c1-3-7-19-13(5-1)15-9-10-16-17-11-12-18-14-6-2-4-8-20(14)27-24(18)23(17)26-22(16)21(15)25-19/h1-12,25-26H. The molecule has 0 amide bonds. The number of para-hydroxylation sites is 2. The van der Waals surface area contributed by atoms with Gasteiger partial charge in [-0.05, 0) is 18.2 Å². The maximum atomic E-state index is 6.22. The van der Waals surface area contributed by atoms with E-state index in [1.165, 1.54) is 21.5 Å². The zero-order valence-corrected chi connectivity index (χ0v) is 14.3. The lowest BCUT2D eigenvalue weighted by molar-refractivity contribution is 0.672. The summed E-state index contributed by atoms with van der Waals surface area (Å²) < 4.78 is 6.22. The molecule has 3 heteroatoms. The SMILES string of the molecule is c1ccc2c(c1)[nH]c1c2ccc2c3ccc4c5ccccc5oc4c3[nH]c21. The molecule has 0 aliphatic heterocycles. The highest BCUT2D eigenvalue weighted by Gasteiger charge is 2.16. The average Bonchev–Trinajstić information content (AvgIpc) is 3.38. The molecule has 0 aliphatic carbocycles. The van der Waals surface area contributed by atoms with Gasteiger partial charge in [-0.15, -0.1) is 0 Å². The number of aromatic nitrogens is 2. The van der Waals surface area contributed by atoms with Gasteiger partial charge < -0.3 is 14.4 Å². The first kappa shape index (κ1) is 13.5. The molecule has 3 aromatic heterocycles. The van der Waals surface area contributed by atoms with E-state index < -0.39 is 0 Å². The van der Waals surface area contributed by atoms with Crippen LogP contribution in [0, 0.1) is 0 Å². The molecule has 4 aromatic carbocycles. The highest BCUT2D eigenvalue weighted by Crippen LogP contribution is 2.39. The average molecular weight is 346 g/mol. The van der Waals surface area contributed by atoms with Crippen molar-refractivity contribution in [1.82, 2.24) is 9.97 Å². The third-order valence-electron chi connectivity index (χ3n) is 5.77. The molecular weight excluding hydrogens is 332 g/mol. The van der Waals surface area contributed by atoms with Gasteiger partial charge in [0.05, 0.1) is 16.6 Å². The molecule has 0 unspecified atom stereocenters. The summed E-state index contributed by atoms with van der Waals surface area (Å²) in [6.45, 7) is 0. The maximum Gasteiger partial charge on any atom is 0.159 e. The third-order valence-corrected chi connectivity index (χ3v) is 5.77. The number of furan rings is 1. The second kappa shape index (κ2) is 4.51. The van der Waals surface area contributed by atoms with Gasteiger partial charge in [-0.2, -0.15) is 0 Å². The molecule has 0 atom stereocenters. The molecule has 0 saturated carbocycles. The summed E-state index contributed by atoms with van der Waals surface area (Å²) in [5, 5.41) is 7.21. The first-order valence-electron chi connectivity index (χ1n) is 9.13. The van der Waals surface area contributed by atoms with Crippen molar-refractivity contribution in [3.63, 3.8) is 0 Å². The number of rotatable bonds is 0. The molecule has 3 heterocycles. The van der Waals surface area contributed by atoms with Gasteiger partial charge >= 0.3 is 0 Å². The quantitative estimate of drug-likeness (QED) is 0.310. The molecule has 0 fully saturated rings. The Hall–Kier alpha value is -3.72. The van der Waals surface area contributed by atoms with Crippen LogP contribution in [0.4, 0.5) is 0 Å². The van der Waals surface area contributed by atoms with E-state index in [9.17, 15) is 0 Å². The predicted molar refractivity (Wildman–Crippen MR) is 112 cm³/mol. The molecule has 0 aliphatic rings. The van der Waals surface area contributed by atoms with Gasteiger partial charge in [-0.3, -0.25) is 0 Å². The number of nitrogens with one attached hydrogen (secondary N) is 2. The maximum absolute atomic E-state index is 6.22. The fourth-order valence-corrected chi connectivity index (χ4v) is 4.54. The molecule has 3 nitrogen and oxygen atoms in total. The van der Waals surface area contributed by atoms with Crippen LogP contribution in [-0.2, 0) is 0 Å². The van der Waals surface area contributed by atoms with Crippen molar-refractivity contribution in [2.45, 2.75) is 0 Å². The highest BCUT2D eigenvalue weighted by atomic mass is 16.3. The number of hydrogen-bond donors (Lipinski definition) is 2. The summed E-state index contributed by atoms with van der Waals surface area (Å²) in [4.78, 5) is 7.26. The van der Waals surface area contributed by atoms with Gasteiger partial charge in [-0.1, -0.05) is 54.6 Å². The lowest BCUT2D eigenvalue weighted by Gasteiger charge is -1.94. The molecule has 126 valence electrons. The number of aromatic amines is 2. The van der Waals surface area contributed by atoms with Gasteiger partial charge in [0.15, 0.2) is 5.58 Å². The van der Waals surface area contributed by atoms with Gasteiger partial charge in [0, 0.05) is 37.8 Å². The predicted octanol–water partition coefficient (Wildman–Crippen LogP) is 6.86. The van der Waals surface area contributed by atoms with Crippen molar-refractivity contribution in [3.05, 3.63) is 72.8 Å². The van der Waals surface area contributed by atoms with Gasteiger partial charge in [0.2, 0.25) is 0 Å². The van der Waals surface area contributed by atoms with Crippen molar-refractivity contribution in [2.75, 3.05) is 0 Å². The van der Waals surface area contributed by atoms with E-state index in [2.05, 4.69) is 70.6 Å². The minimum absolute atomic E-state index is 0.925. The summed E-state index contributed by atoms with van der Waals surface area (Å²) in [7, 11) is 0. The summed E-state index contributed by atoms with van der Waals surface area (Å²) in [6.07, 6.45) is 0. The Balaban J connectivity index is 1.72. The molecule has 2 N–H and O–H groups in total. The highest BCUT2D eigenvalue weighted by molar-refractivity contribution is 6.25. The molecule has 0 spiro atoms. The lowest BCUT2D eigenvalue weighted by Crippen LogP contribution is -1.72. The Morgan fingerprint density at radius 3 is 2.00 bits per heavy atom. The topological polar surface area (TPSA) is 44.7 Å². The monoisotopic (exact) mass is 346 g/mol. The lowest BCUT2D eigenvalue weighted by atomic mass is 10.1. The largest absolute Gasteiger partial charge is 0.454 e. The Morgan fingerprint density at radius 2 is 1.11 bits per heavy atom. The van der Waals surface area contributed by atoms with Crippen LogP contribution in [0.2, 0.25) is 0 Å². The van der Waals surface area contributed by atoms with Crippen LogP contribution in [0.1, 0.15) is 0 Å². The van der Waals surface area contributed by atoms with E-state index in [4.69, 9.17) is 4.42 Å². The Kier molecular flexibility index (Phi) is 2.25. The van der Waals surface area contributed by atoms with Crippen LogP contribution < -0.4 is 0 Å². The molecule has 0 bridgehead atoms. The summed E-state index contributed by atoms with van der Waals surface area (Å²) in [6, 6.07) is 25.5. The first-order valence-corrected chi connectivity index (χ1v) is 9.13. The first-order chi connectivity index (χ1) is 13.4. The fraction of sp³-hybridized carbons (Fsp3) is 0. The third kappa shape index (κ3) is 1.57. The van der Waals surface area contributed by atoms with Crippen molar-refractivity contribution in [2.24, 2.45) is 0 Å². The Bertz CT molecular complexity index is 1550. The second-order valence-corrected chi connectivity index (χ2v) is 7.17. The number of fused-ring (bicyclic) bond motifs is 11. The Labute approximate surface area is 153 Å². The number of hydrogen-bond acceptors (Lipinski definition) is 1. The van der Waals surface area contributed by atoms with E-state index >= 15 is 0 Å². The van der Waals surface area contributed by atoms with Crippen LogP contribution >= 0.6 is 0 Å². The van der Waals surface area contributed by atoms with E-state index in [0.29, 0.717) is 0 Å². The van der Waals surface area contributed by atoms with Crippen LogP contribution in [0.25, 0.3) is 65.6 Å². The molecule has 27 heavy (non-hydrogen) atoms. The van der Waals surface area contributed by atoms with E-state index in [1.807, 2.05) is 12.1 Å². The number of H-pyrrole nitrogens is 2. The molecule has 7 aromatic rings. The fourth-order valence-electron chi connectivity index (χ4n) is 4.54. The van der Waals surface area contributed by atoms with Gasteiger partial charge in [0.1, 0.15) is 5.58 Å². The van der Waals surface area contributed by atoms with Crippen molar-refractivity contribution in [3.8, 4) is 0 Å². The van der Waals surface area contributed by atoms with Crippen LogP contribution in [-0.4, -0.2) is 9.97 Å².